The third-order valence-electron chi connectivity index (χ3n) is 9.20. The number of halogens is 3. The average Bonchev–Trinajstić information content (AvgIpc) is 3.43. The molecule has 4 aromatic rings. The Bertz CT molecular complexity index is 1930. The Morgan fingerprint density at radius 3 is 2.41 bits per heavy atom. The molecule has 4 heterocycles. The van der Waals surface area contributed by atoms with Crippen LogP contribution in [0.1, 0.15) is 42.5 Å². The van der Waals surface area contributed by atoms with Gasteiger partial charge in [-0.2, -0.15) is 13.2 Å². The summed E-state index contributed by atoms with van der Waals surface area (Å²) in [6, 6.07) is 15.7. The summed E-state index contributed by atoms with van der Waals surface area (Å²) in [5, 5.41) is 0.677. The lowest BCUT2D eigenvalue weighted by molar-refractivity contribution is -0.137. The van der Waals surface area contributed by atoms with E-state index in [2.05, 4.69) is 22.1 Å². The van der Waals surface area contributed by atoms with Gasteiger partial charge in [0.25, 0.3) is 0 Å². The third-order valence-corrected chi connectivity index (χ3v) is 9.20. The normalized spacial score (nSPS) is 16.6. The van der Waals surface area contributed by atoms with E-state index in [4.69, 9.17) is 0 Å². The second-order valence-corrected chi connectivity index (χ2v) is 12.0. The smallest absolute Gasteiger partial charge is 0.367 e. The molecule has 236 valence electrons. The van der Waals surface area contributed by atoms with Gasteiger partial charge in [0.2, 0.25) is 5.91 Å². The van der Waals surface area contributed by atoms with Crippen molar-refractivity contribution < 1.29 is 22.8 Å². The van der Waals surface area contributed by atoms with Gasteiger partial charge < -0.3 is 14.7 Å². The van der Waals surface area contributed by atoms with Crippen LogP contribution in [-0.2, 0) is 24.1 Å². The zero-order chi connectivity index (χ0) is 32.3. The van der Waals surface area contributed by atoms with Crippen LogP contribution in [0.15, 0.2) is 65.8 Å². The minimum absolute atomic E-state index is 0.0116. The van der Waals surface area contributed by atoms with Crippen LogP contribution in [0.25, 0.3) is 22.0 Å². The maximum atomic E-state index is 14.7. The fourth-order valence-corrected chi connectivity index (χ4v) is 6.71. The van der Waals surface area contributed by atoms with Crippen molar-refractivity contribution in [2.24, 2.45) is 4.99 Å². The molecule has 0 saturated carbocycles. The van der Waals surface area contributed by atoms with Crippen LogP contribution in [0, 0.1) is 0 Å². The van der Waals surface area contributed by atoms with Crippen LogP contribution in [0.4, 0.5) is 35.0 Å². The van der Waals surface area contributed by atoms with Gasteiger partial charge in [-0.25, -0.2) is 4.79 Å². The SMILES string of the molecule is CCC(=O)N1CCN(c2ccc(N3C(=O)N(C)Cc4cnc5ccc(-c6ccc7c(c6)C(C)=NC7)cc5c43)cc2C(F)(F)F)CC1. The maximum Gasteiger partial charge on any atom is 0.418 e. The second-order valence-electron chi connectivity index (χ2n) is 12.0. The fourth-order valence-electron chi connectivity index (χ4n) is 6.71. The number of hydrogen-bond donors (Lipinski definition) is 0. The quantitative estimate of drug-likeness (QED) is 0.245. The van der Waals surface area contributed by atoms with Crippen molar-refractivity contribution in [3.8, 4) is 11.1 Å². The Kier molecular flexibility index (Phi) is 7.21. The van der Waals surface area contributed by atoms with Gasteiger partial charge in [0.1, 0.15) is 0 Å². The number of aromatic nitrogens is 1. The first-order valence-electron chi connectivity index (χ1n) is 15.4. The molecule has 3 aromatic carbocycles. The minimum Gasteiger partial charge on any atom is -0.367 e. The standard InChI is InChI=1S/C35H33F3N6O2/c1-4-32(45)43-13-11-42(12-14-43)31-10-8-26(17-29(31)35(36,37)38)44-33-25(20-41(3)34(44)46)19-40-30-9-7-23(16-28(30)33)22-5-6-24-18-39-21(2)27(24)15-22/h5-10,15-17,19H,4,11-14,18,20H2,1-3H3. The van der Waals surface area contributed by atoms with E-state index in [0.29, 0.717) is 42.6 Å². The number of pyridine rings is 1. The van der Waals surface area contributed by atoms with Gasteiger partial charge >= 0.3 is 12.2 Å². The molecule has 0 aliphatic carbocycles. The summed E-state index contributed by atoms with van der Waals surface area (Å²) in [4.78, 5) is 41.3. The zero-order valence-electron chi connectivity index (χ0n) is 25.9. The minimum atomic E-state index is -4.67. The number of alkyl halides is 3. The molecular weight excluding hydrogens is 593 g/mol. The highest BCUT2D eigenvalue weighted by Gasteiger charge is 2.38. The number of rotatable bonds is 4. The van der Waals surface area contributed by atoms with E-state index in [-0.39, 0.29) is 36.9 Å². The van der Waals surface area contributed by atoms with Crippen LogP contribution in [0.2, 0.25) is 0 Å². The van der Waals surface area contributed by atoms with E-state index in [1.165, 1.54) is 21.4 Å². The van der Waals surface area contributed by atoms with E-state index in [1.54, 1.807) is 36.0 Å². The third kappa shape index (κ3) is 5.03. The molecule has 0 atom stereocenters. The first-order valence-corrected chi connectivity index (χ1v) is 15.4. The molecule has 1 saturated heterocycles. The highest BCUT2D eigenvalue weighted by atomic mass is 19.4. The molecule has 3 aliphatic rings. The first-order chi connectivity index (χ1) is 22.0. The lowest BCUT2D eigenvalue weighted by Gasteiger charge is -2.38. The van der Waals surface area contributed by atoms with Crippen molar-refractivity contribution in [2.75, 3.05) is 43.0 Å². The molecule has 1 fully saturated rings. The number of nitrogens with zero attached hydrogens (tertiary/aromatic N) is 6. The maximum absolute atomic E-state index is 14.7. The summed E-state index contributed by atoms with van der Waals surface area (Å²) in [6.45, 7) is 5.98. The van der Waals surface area contributed by atoms with E-state index in [0.717, 1.165) is 34.0 Å². The van der Waals surface area contributed by atoms with Crippen molar-refractivity contribution in [3.63, 3.8) is 0 Å². The van der Waals surface area contributed by atoms with Gasteiger partial charge in [-0.1, -0.05) is 25.1 Å². The highest BCUT2D eigenvalue weighted by Crippen LogP contribution is 2.44. The predicted molar refractivity (Wildman–Crippen MR) is 173 cm³/mol. The molecular formula is C35H33F3N6O2. The summed E-state index contributed by atoms with van der Waals surface area (Å²) in [6.07, 6.45) is -2.62. The van der Waals surface area contributed by atoms with Gasteiger partial charge in [0.15, 0.2) is 0 Å². The lowest BCUT2D eigenvalue weighted by Crippen LogP contribution is -2.49. The summed E-state index contributed by atoms with van der Waals surface area (Å²) in [5.41, 5.74) is 6.37. The Morgan fingerprint density at radius 2 is 1.67 bits per heavy atom. The average molecular weight is 627 g/mol. The van der Waals surface area contributed by atoms with E-state index in [9.17, 15) is 22.8 Å². The molecule has 8 nitrogen and oxygen atoms in total. The van der Waals surface area contributed by atoms with Crippen molar-refractivity contribution in [2.45, 2.75) is 39.5 Å². The van der Waals surface area contributed by atoms with Gasteiger partial charge in [-0.05, 0) is 60.0 Å². The number of anilines is 3. The Hall–Kier alpha value is -4.93. The van der Waals surface area contributed by atoms with Gasteiger partial charge in [0.05, 0.1) is 35.5 Å². The molecule has 7 rings (SSSR count). The van der Waals surface area contributed by atoms with Gasteiger partial charge in [-0.3, -0.25) is 19.7 Å². The molecule has 0 unspecified atom stereocenters. The number of carbonyl (C=O) groups is 2. The molecule has 0 N–H and O–H groups in total. The van der Waals surface area contributed by atoms with Crippen LogP contribution >= 0.6 is 0 Å². The molecule has 0 bridgehead atoms. The number of carbonyl (C=O) groups excluding carboxylic acids is 2. The monoisotopic (exact) mass is 626 g/mol. The number of benzene rings is 3. The van der Waals surface area contributed by atoms with Gasteiger partial charge in [0, 0.05) is 73.8 Å². The number of piperazine rings is 1. The first kappa shape index (κ1) is 29.8. The molecule has 3 amide bonds. The van der Waals surface area contributed by atoms with Crippen molar-refractivity contribution in [1.82, 2.24) is 14.8 Å². The Balaban J connectivity index is 1.33. The molecule has 3 aliphatic heterocycles. The van der Waals surface area contributed by atoms with Gasteiger partial charge in [-0.15, -0.1) is 0 Å². The number of hydrogen-bond acceptors (Lipinski definition) is 5. The van der Waals surface area contributed by atoms with E-state index in [1.807, 2.05) is 31.2 Å². The Morgan fingerprint density at radius 1 is 0.935 bits per heavy atom. The molecule has 0 radical (unpaired) electrons. The van der Waals surface area contributed by atoms with E-state index < -0.39 is 17.8 Å². The van der Waals surface area contributed by atoms with Crippen LogP contribution in [-0.4, -0.2) is 65.7 Å². The lowest BCUT2D eigenvalue weighted by atomic mass is 9.96. The molecule has 11 heteroatoms. The fraction of sp³-hybridized carbons (Fsp3) is 0.314. The summed E-state index contributed by atoms with van der Waals surface area (Å²) in [5.74, 6) is -0.0116. The van der Waals surface area contributed by atoms with Crippen LogP contribution in [0.5, 0.6) is 0 Å². The predicted octanol–water partition coefficient (Wildman–Crippen LogP) is 7.01. The highest BCUT2D eigenvalue weighted by molar-refractivity contribution is 6.10. The topological polar surface area (TPSA) is 72.4 Å². The Labute approximate surface area is 264 Å². The number of aliphatic imine (C=N–C) groups is 1. The van der Waals surface area contributed by atoms with E-state index >= 15 is 0 Å². The largest absolute Gasteiger partial charge is 0.418 e. The summed E-state index contributed by atoms with van der Waals surface area (Å²) in [7, 11) is 1.63. The molecule has 0 spiro atoms. The van der Waals surface area contributed by atoms with Crippen LogP contribution < -0.4 is 9.80 Å². The molecule has 46 heavy (non-hydrogen) atoms. The van der Waals surface area contributed by atoms with Crippen LogP contribution in [0.3, 0.4) is 0 Å². The number of fused-ring (bicyclic) bond motifs is 4. The van der Waals surface area contributed by atoms with Crippen molar-refractivity contribution in [1.29, 1.82) is 0 Å². The zero-order valence-corrected chi connectivity index (χ0v) is 25.9. The van der Waals surface area contributed by atoms with Crippen molar-refractivity contribution in [3.05, 3.63) is 83.0 Å². The summed E-state index contributed by atoms with van der Waals surface area (Å²) >= 11 is 0. The second kappa shape index (κ2) is 11.1. The number of urea groups is 1. The van der Waals surface area contributed by atoms with Crippen molar-refractivity contribution >= 4 is 45.6 Å². The summed E-state index contributed by atoms with van der Waals surface area (Å²) < 4.78 is 44.0. The molecule has 1 aromatic heterocycles. The number of amides is 3.